The first-order valence-electron chi connectivity index (χ1n) is 8.99. The predicted molar refractivity (Wildman–Crippen MR) is 90.9 cm³/mol. The third-order valence-electron chi connectivity index (χ3n) is 7.06. The van der Waals surface area contributed by atoms with Crippen molar-refractivity contribution in [2.24, 2.45) is 17.3 Å². The smallest absolute Gasteiger partial charge is 0.103 e. The van der Waals surface area contributed by atoms with Gasteiger partial charge in [0.2, 0.25) is 0 Å². The summed E-state index contributed by atoms with van der Waals surface area (Å²) in [7, 11) is 0. The van der Waals surface area contributed by atoms with E-state index in [1.165, 1.54) is 44.1 Å². The van der Waals surface area contributed by atoms with Crippen LogP contribution in [0.3, 0.4) is 0 Å². The average Bonchev–Trinajstić information content (AvgIpc) is 2.84. The number of ether oxygens (including phenoxy) is 1. The lowest BCUT2D eigenvalue weighted by Crippen LogP contribution is -2.44. The quantitative estimate of drug-likeness (QED) is 0.666. The summed E-state index contributed by atoms with van der Waals surface area (Å²) in [5.74, 6) is 2.50. The van der Waals surface area contributed by atoms with Crippen LogP contribution in [0.2, 0.25) is 0 Å². The molecule has 2 saturated carbocycles. The first kappa shape index (κ1) is 14.4. The average molecular weight is 296 g/mol. The van der Waals surface area contributed by atoms with Gasteiger partial charge in [-0.25, -0.2) is 0 Å². The maximum Gasteiger partial charge on any atom is 0.103 e. The van der Waals surface area contributed by atoms with Crippen molar-refractivity contribution in [3.8, 4) is 0 Å². The van der Waals surface area contributed by atoms with Crippen LogP contribution in [0.15, 0.2) is 31.0 Å². The van der Waals surface area contributed by atoms with E-state index in [9.17, 15) is 0 Å². The predicted octanol–water partition coefficient (Wildman–Crippen LogP) is 5.38. The van der Waals surface area contributed by atoms with Crippen LogP contribution in [-0.2, 0) is 11.2 Å². The van der Waals surface area contributed by atoms with E-state index in [0.29, 0.717) is 11.5 Å². The van der Waals surface area contributed by atoms with Crippen molar-refractivity contribution in [2.75, 3.05) is 0 Å². The number of hydrogen-bond acceptors (Lipinski definition) is 1. The molecule has 0 aliphatic heterocycles. The van der Waals surface area contributed by atoms with E-state index >= 15 is 0 Å². The normalized spacial score (nSPS) is 39.5. The van der Waals surface area contributed by atoms with Crippen LogP contribution >= 0.6 is 0 Å². The molecule has 3 aliphatic carbocycles. The van der Waals surface area contributed by atoms with Gasteiger partial charge in [-0.2, -0.15) is 0 Å². The Kier molecular flexibility index (Phi) is 3.36. The Balaban J connectivity index is 1.66. The van der Waals surface area contributed by atoms with Crippen LogP contribution in [0, 0.1) is 24.2 Å². The summed E-state index contributed by atoms with van der Waals surface area (Å²) in [6.45, 7) is 8.50. The van der Waals surface area contributed by atoms with E-state index in [1.807, 2.05) is 0 Å². The molecule has 0 amide bonds. The molecule has 0 N–H and O–H groups in total. The van der Waals surface area contributed by atoms with Gasteiger partial charge in [0, 0.05) is 5.41 Å². The molecule has 4 rings (SSSR count). The van der Waals surface area contributed by atoms with Crippen LogP contribution in [0.1, 0.15) is 61.6 Å². The Bertz CT molecular complexity index is 590. The van der Waals surface area contributed by atoms with Gasteiger partial charge in [-0.1, -0.05) is 37.3 Å². The van der Waals surface area contributed by atoms with E-state index in [-0.39, 0.29) is 0 Å². The van der Waals surface area contributed by atoms with E-state index in [0.717, 1.165) is 17.8 Å². The highest BCUT2D eigenvalue weighted by Gasteiger charge is 2.55. The molecule has 0 spiro atoms. The molecular weight excluding hydrogens is 268 g/mol. The Labute approximate surface area is 134 Å². The molecule has 0 heterocycles. The molecule has 118 valence electrons. The molecule has 0 radical (unpaired) electrons. The van der Waals surface area contributed by atoms with Crippen molar-refractivity contribution in [3.05, 3.63) is 47.7 Å². The lowest BCUT2D eigenvalue weighted by molar-refractivity contribution is -0.0292. The number of rotatable bonds is 2. The van der Waals surface area contributed by atoms with Gasteiger partial charge in [-0.05, 0) is 74.3 Å². The molecule has 0 saturated heterocycles. The molecule has 1 aromatic rings. The fourth-order valence-electron chi connectivity index (χ4n) is 6.00. The minimum absolute atomic E-state index is 0.373. The zero-order valence-electron chi connectivity index (χ0n) is 14.0. The summed E-state index contributed by atoms with van der Waals surface area (Å²) in [6, 6.07) is 7.17. The van der Waals surface area contributed by atoms with Crippen molar-refractivity contribution < 1.29 is 4.74 Å². The highest BCUT2D eigenvalue weighted by molar-refractivity contribution is 5.37. The number of benzene rings is 1. The third-order valence-corrected chi connectivity index (χ3v) is 7.06. The minimum Gasteiger partial charge on any atom is -0.498 e. The molecule has 22 heavy (non-hydrogen) atoms. The van der Waals surface area contributed by atoms with Crippen LogP contribution in [-0.4, -0.2) is 6.10 Å². The van der Waals surface area contributed by atoms with Crippen molar-refractivity contribution in [3.63, 3.8) is 0 Å². The van der Waals surface area contributed by atoms with Gasteiger partial charge in [0.1, 0.15) is 6.10 Å². The summed E-state index contributed by atoms with van der Waals surface area (Å²) in [5.41, 5.74) is 5.08. The van der Waals surface area contributed by atoms with Gasteiger partial charge in [0.05, 0.1) is 6.26 Å². The Hall–Kier alpha value is -1.24. The minimum atomic E-state index is 0.373. The molecule has 3 aliphatic rings. The number of fused-ring (bicyclic) bond motifs is 5. The van der Waals surface area contributed by atoms with Gasteiger partial charge in [0.25, 0.3) is 0 Å². The maximum atomic E-state index is 5.90. The highest BCUT2D eigenvalue weighted by Crippen LogP contribution is 2.61. The molecule has 1 nitrogen and oxygen atoms in total. The van der Waals surface area contributed by atoms with Crippen LogP contribution < -0.4 is 0 Å². The van der Waals surface area contributed by atoms with E-state index in [2.05, 4.69) is 38.6 Å². The monoisotopic (exact) mass is 296 g/mol. The van der Waals surface area contributed by atoms with Crippen molar-refractivity contribution in [2.45, 2.75) is 64.4 Å². The molecular formula is C21H28O. The zero-order chi connectivity index (χ0) is 15.3. The summed E-state index contributed by atoms with van der Waals surface area (Å²) >= 11 is 0. The molecule has 2 fully saturated rings. The van der Waals surface area contributed by atoms with Crippen molar-refractivity contribution in [1.82, 2.24) is 0 Å². The van der Waals surface area contributed by atoms with E-state index < -0.39 is 0 Å². The molecule has 5 unspecified atom stereocenters. The number of hydrogen-bond donors (Lipinski definition) is 0. The first-order chi connectivity index (χ1) is 10.6. The van der Waals surface area contributed by atoms with Gasteiger partial charge < -0.3 is 4.74 Å². The largest absolute Gasteiger partial charge is 0.498 e. The second-order valence-corrected chi connectivity index (χ2v) is 8.03. The second-order valence-electron chi connectivity index (χ2n) is 8.03. The SMILES string of the molecule is C=COC1CCC2C3CCc4cc(C)ccc4C3CCC12C. The number of aryl methyl sites for hydroxylation is 2. The third kappa shape index (κ3) is 1.97. The topological polar surface area (TPSA) is 9.23 Å². The molecule has 1 aromatic carbocycles. The Morgan fingerprint density at radius 1 is 1.23 bits per heavy atom. The van der Waals surface area contributed by atoms with E-state index in [1.54, 1.807) is 17.4 Å². The maximum absolute atomic E-state index is 5.90. The van der Waals surface area contributed by atoms with Crippen molar-refractivity contribution in [1.29, 1.82) is 0 Å². The van der Waals surface area contributed by atoms with Crippen LogP contribution in [0.5, 0.6) is 0 Å². The van der Waals surface area contributed by atoms with Crippen LogP contribution in [0.4, 0.5) is 0 Å². The lowest BCUT2D eigenvalue weighted by Gasteiger charge is -2.50. The Morgan fingerprint density at radius 3 is 2.91 bits per heavy atom. The fourth-order valence-corrected chi connectivity index (χ4v) is 6.00. The second kappa shape index (κ2) is 5.15. The van der Waals surface area contributed by atoms with Gasteiger partial charge in [0.15, 0.2) is 0 Å². The standard InChI is InChI=1S/C21H28O/c1-4-22-20-10-9-19-18-8-6-15-13-14(2)5-7-16(15)17(18)11-12-21(19,20)3/h4-5,7,13,17-20H,1,6,8-12H2,2-3H3. The highest BCUT2D eigenvalue weighted by atomic mass is 16.5. The fraction of sp³-hybridized carbons (Fsp3) is 0.619. The summed E-state index contributed by atoms with van der Waals surface area (Å²) in [4.78, 5) is 0. The van der Waals surface area contributed by atoms with Crippen LogP contribution in [0.25, 0.3) is 0 Å². The zero-order valence-corrected chi connectivity index (χ0v) is 14.0. The van der Waals surface area contributed by atoms with Gasteiger partial charge in [-0.3, -0.25) is 0 Å². The van der Waals surface area contributed by atoms with Gasteiger partial charge >= 0.3 is 0 Å². The lowest BCUT2D eigenvalue weighted by atomic mass is 9.55. The molecule has 5 atom stereocenters. The Morgan fingerprint density at radius 2 is 2.09 bits per heavy atom. The van der Waals surface area contributed by atoms with Crippen molar-refractivity contribution >= 4 is 0 Å². The molecule has 0 aromatic heterocycles. The summed E-state index contributed by atoms with van der Waals surface area (Å²) in [6.07, 6.45) is 9.93. The summed E-state index contributed by atoms with van der Waals surface area (Å²) < 4.78 is 5.90. The molecule has 1 heteroatoms. The van der Waals surface area contributed by atoms with Gasteiger partial charge in [-0.15, -0.1) is 0 Å². The summed E-state index contributed by atoms with van der Waals surface area (Å²) in [5, 5.41) is 0. The first-order valence-corrected chi connectivity index (χ1v) is 8.99. The molecule has 0 bridgehead atoms. The van der Waals surface area contributed by atoms with E-state index in [4.69, 9.17) is 4.74 Å².